The van der Waals surface area contributed by atoms with Crippen LogP contribution in [0.3, 0.4) is 0 Å². The standard InChI is InChI=1S/C26H29ClFN7O4S/c1-4-22(36)39-14-13-35(3)12-11-29-25-23-16(2)32-33-26(23)31-24(30-25)17-5-8-19(9-6-17)34-40(37,38)21-15-18(27)7-10-20(21)28/h5-10,15,34H,4,11-14H2,1-3H3,(H2,29,30,31,32,33). The van der Waals surface area contributed by atoms with Gasteiger partial charge in [0.15, 0.2) is 11.5 Å². The molecule has 0 amide bonds. The molecule has 0 unspecified atom stereocenters. The van der Waals surface area contributed by atoms with Crippen LogP contribution in [0.25, 0.3) is 22.4 Å². The molecule has 0 saturated carbocycles. The first-order valence-corrected chi connectivity index (χ1v) is 14.3. The number of H-pyrrole nitrogens is 1. The first-order chi connectivity index (χ1) is 19.1. The highest BCUT2D eigenvalue weighted by molar-refractivity contribution is 7.92. The lowest BCUT2D eigenvalue weighted by Gasteiger charge is -2.17. The third-order valence-electron chi connectivity index (χ3n) is 5.98. The zero-order valence-corrected chi connectivity index (χ0v) is 23.7. The van der Waals surface area contributed by atoms with E-state index in [1.807, 2.05) is 18.9 Å². The molecule has 0 radical (unpaired) electrons. The minimum Gasteiger partial charge on any atom is -0.464 e. The second kappa shape index (κ2) is 12.6. The van der Waals surface area contributed by atoms with Crippen LogP contribution in [0, 0.1) is 12.7 Å². The lowest BCUT2D eigenvalue weighted by atomic mass is 10.2. The van der Waals surface area contributed by atoms with Crippen molar-refractivity contribution in [2.75, 3.05) is 43.3 Å². The zero-order valence-electron chi connectivity index (χ0n) is 22.2. The van der Waals surface area contributed by atoms with Crippen molar-refractivity contribution in [1.82, 2.24) is 25.1 Å². The Kier molecular flexibility index (Phi) is 9.17. The summed E-state index contributed by atoms with van der Waals surface area (Å²) in [6, 6.07) is 9.70. The van der Waals surface area contributed by atoms with E-state index < -0.39 is 20.7 Å². The fourth-order valence-electron chi connectivity index (χ4n) is 3.80. The van der Waals surface area contributed by atoms with Crippen molar-refractivity contribution in [1.29, 1.82) is 0 Å². The van der Waals surface area contributed by atoms with Crippen LogP contribution >= 0.6 is 11.6 Å². The maximum Gasteiger partial charge on any atom is 0.305 e. The molecule has 212 valence electrons. The van der Waals surface area contributed by atoms with Crippen LogP contribution in [0.2, 0.25) is 5.02 Å². The molecule has 0 fully saturated rings. The molecule has 0 aliphatic heterocycles. The van der Waals surface area contributed by atoms with Gasteiger partial charge in [-0.05, 0) is 56.4 Å². The number of halogens is 2. The molecule has 0 saturated heterocycles. The molecule has 3 N–H and O–H groups in total. The van der Waals surface area contributed by atoms with Gasteiger partial charge in [-0.2, -0.15) is 5.10 Å². The van der Waals surface area contributed by atoms with E-state index in [0.717, 1.165) is 23.2 Å². The summed E-state index contributed by atoms with van der Waals surface area (Å²) in [5, 5.41) is 11.4. The number of carbonyl (C=O) groups is 1. The maximum atomic E-state index is 14.1. The first kappa shape index (κ1) is 29.2. The van der Waals surface area contributed by atoms with E-state index in [9.17, 15) is 17.6 Å². The minimum atomic E-state index is -4.20. The van der Waals surface area contributed by atoms with Crippen LogP contribution in [-0.2, 0) is 19.6 Å². The summed E-state index contributed by atoms with van der Waals surface area (Å²) in [6.45, 7) is 5.79. The summed E-state index contributed by atoms with van der Waals surface area (Å²) in [5.41, 5.74) is 2.14. The van der Waals surface area contributed by atoms with E-state index in [1.54, 1.807) is 19.1 Å². The fraction of sp³-hybridized carbons (Fsp3) is 0.308. The van der Waals surface area contributed by atoms with Gasteiger partial charge in [-0.15, -0.1) is 0 Å². The Bertz CT molecular complexity index is 1610. The second-order valence-corrected chi connectivity index (χ2v) is 11.1. The number of aromatic nitrogens is 4. The summed E-state index contributed by atoms with van der Waals surface area (Å²) in [7, 11) is -2.27. The number of likely N-dealkylation sites (N-methyl/N-ethyl adjacent to an activating group) is 1. The Morgan fingerprint density at radius 3 is 2.62 bits per heavy atom. The summed E-state index contributed by atoms with van der Waals surface area (Å²) < 4.78 is 47.0. The van der Waals surface area contributed by atoms with Crippen molar-refractivity contribution in [3.63, 3.8) is 0 Å². The molecule has 0 aliphatic rings. The van der Waals surface area contributed by atoms with Crippen molar-refractivity contribution in [2.24, 2.45) is 0 Å². The number of aryl methyl sites for hydroxylation is 1. The Balaban J connectivity index is 1.48. The van der Waals surface area contributed by atoms with E-state index in [2.05, 4.69) is 25.2 Å². The van der Waals surface area contributed by atoms with Crippen molar-refractivity contribution in [3.8, 4) is 11.4 Å². The summed E-state index contributed by atoms with van der Waals surface area (Å²) >= 11 is 5.85. The SMILES string of the molecule is CCC(=O)OCCN(C)CCNc1nc(-c2ccc(NS(=O)(=O)c3cc(Cl)ccc3F)cc2)nc2n[nH]c(C)c12. The third kappa shape index (κ3) is 7.03. The largest absolute Gasteiger partial charge is 0.464 e. The second-order valence-electron chi connectivity index (χ2n) is 9.00. The van der Waals surface area contributed by atoms with E-state index in [4.69, 9.17) is 21.3 Å². The smallest absolute Gasteiger partial charge is 0.305 e. The highest BCUT2D eigenvalue weighted by Crippen LogP contribution is 2.28. The number of nitrogens with one attached hydrogen (secondary N) is 3. The number of aromatic amines is 1. The van der Waals surface area contributed by atoms with E-state index >= 15 is 0 Å². The Labute approximate surface area is 236 Å². The van der Waals surface area contributed by atoms with Gasteiger partial charge in [-0.25, -0.2) is 22.8 Å². The van der Waals surface area contributed by atoms with Crippen LogP contribution in [0.5, 0.6) is 0 Å². The van der Waals surface area contributed by atoms with Gasteiger partial charge in [0.2, 0.25) is 0 Å². The molecule has 40 heavy (non-hydrogen) atoms. The molecule has 4 aromatic rings. The molecule has 2 aromatic carbocycles. The molecule has 11 nitrogen and oxygen atoms in total. The molecular formula is C26H29ClFN7O4S. The number of hydrogen-bond acceptors (Lipinski definition) is 9. The molecular weight excluding hydrogens is 561 g/mol. The number of benzene rings is 2. The molecule has 2 heterocycles. The summed E-state index contributed by atoms with van der Waals surface area (Å²) in [5.74, 6) is -0.149. The summed E-state index contributed by atoms with van der Waals surface area (Å²) in [6.07, 6.45) is 0.350. The number of hydrogen-bond donors (Lipinski definition) is 3. The number of fused-ring (bicyclic) bond motifs is 1. The van der Waals surface area contributed by atoms with E-state index in [0.29, 0.717) is 55.5 Å². The van der Waals surface area contributed by atoms with Gasteiger partial charge in [0, 0.05) is 48.0 Å². The van der Waals surface area contributed by atoms with E-state index in [1.165, 1.54) is 18.2 Å². The topological polar surface area (TPSA) is 142 Å². The highest BCUT2D eigenvalue weighted by atomic mass is 35.5. The molecule has 0 spiro atoms. The number of nitrogens with zero attached hydrogens (tertiary/aromatic N) is 4. The van der Waals surface area contributed by atoms with Crippen molar-refractivity contribution < 1.29 is 22.3 Å². The van der Waals surface area contributed by atoms with Crippen LogP contribution in [0.15, 0.2) is 47.4 Å². The Morgan fingerprint density at radius 1 is 1.15 bits per heavy atom. The van der Waals surface area contributed by atoms with Crippen LogP contribution < -0.4 is 10.0 Å². The predicted octanol–water partition coefficient (Wildman–Crippen LogP) is 4.22. The number of esters is 1. The van der Waals surface area contributed by atoms with Crippen molar-refractivity contribution >= 4 is 50.1 Å². The number of anilines is 2. The van der Waals surface area contributed by atoms with Gasteiger partial charge in [0.25, 0.3) is 10.0 Å². The molecule has 4 rings (SSSR count). The number of rotatable bonds is 12. The van der Waals surface area contributed by atoms with E-state index in [-0.39, 0.29) is 16.7 Å². The fourth-order valence-corrected chi connectivity index (χ4v) is 5.20. The average Bonchev–Trinajstić information content (AvgIpc) is 3.30. The monoisotopic (exact) mass is 589 g/mol. The zero-order chi connectivity index (χ0) is 28.9. The third-order valence-corrected chi connectivity index (χ3v) is 7.61. The molecule has 0 atom stereocenters. The van der Waals surface area contributed by atoms with Crippen LogP contribution in [0.1, 0.15) is 19.0 Å². The highest BCUT2D eigenvalue weighted by Gasteiger charge is 2.20. The predicted molar refractivity (Wildman–Crippen MR) is 151 cm³/mol. The van der Waals surface area contributed by atoms with Gasteiger partial charge >= 0.3 is 5.97 Å². The quantitative estimate of drug-likeness (QED) is 0.207. The average molecular weight is 590 g/mol. The van der Waals surface area contributed by atoms with Crippen molar-refractivity contribution in [3.05, 3.63) is 59.0 Å². The van der Waals surface area contributed by atoms with Crippen molar-refractivity contribution in [2.45, 2.75) is 25.2 Å². The Morgan fingerprint density at radius 2 is 1.90 bits per heavy atom. The lowest BCUT2D eigenvalue weighted by Crippen LogP contribution is -2.29. The molecule has 2 aromatic heterocycles. The molecule has 14 heteroatoms. The molecule has 0 bridgehead atoms. The van der Waals surface area contributed by atoms with Gasteiger partial charge < -0.3 is 15.0 Å². The summed E-state index contributed by atoms with van der Waals surface area (Å²) in [4.78, 5) is 22.0. The van der Waals surface area contributed by atoms with Crippen LogP contribution in [0.4, 0.5) is 15.9 Å². The number of ether oxygens (including phenoxy) is 1. The normalized spacial score (nSPS) is 11.7. The number of sulfonamides is 1. The number of carbonyl (C=O) groups excluding carboxylic acids is 1. The Hall–Kier alpha value is -3.81. The van der Waals surface area contributed by atoms with Gasteiger partial charge in [0.1, 0.15) is 23.1 Å². The maximum absolute atomic E-state index is 14.1. The van der Waals surface area contributed by atoms with Gasteiger partial charge in [-0.3, -0.25) is 14.6 Å². The lowest BCUT2D eigenvalue weighted by molar-refractivity contribution is -0.143. The first-order valence-electron chi connectivity index (χ1n) is 12.5. The van der Waals surface area contributed by atoms with Crippen LogP contribution in [-0.4, -0.2) is 72.7 Å². The van der Waals surface area contributed by atoms with Gasteiger partial charge in [0.05, 0.1) is 5.39 Å². The molecule has 0 aliphatic carbocycles. The minimum absolute atomic E-state index is 0.104. The van der Waals surface area contributed by atoms with Gasteiger partial charge in [-0.1, -0.05) is 18.5 Å².